The Morgan fingerprint density at radius 2 is 1.81 bits per heavy atom. The van der Waals surface area contributed by atoms with Crippen LogP contribution in [0.25, 0.3) is 0 Å². The summed E-state index contributed by atoms with van der Waals surface area (Å²) in [5, 5.41) is 0. The van der Waals surface area contributed by atoms with Gasteiger partial charge in [-0.15, -0.1) is 0 Å². The monoisotopic (exact) mass is 292 g/mol. The molecule has 0 N–H and O–H groups in total. The van der Waals surface area contributed by atoms with Crippen LogP contribution in [0.15, 0.2) is 12.2 Å². The molecule has 21 heavy (non-hydrogen) atoms. The van der Waals surface area contributed by atoms with E-state index in [1.54, 1.807) is 0 Å². The summed E-state index contributed by atoms with van der Waals surface area (Å²) in [7, 11) is 0. The largest absolute Gasteiger partial charge is 0.340 e. The molecule has 0 radical (unpaired) electrons. The Balaban J connectivity index is 1.95. The molecule has 2 heteroatoms. The summed E-state index contributed by atoms with van der Waals surface area (Å²) in [6, 6.07) is 0. The first-order valence-corrected chi connectivity index (χ1v) is 8.61. The second kappa shape index (κ2) is 4.58. The van der Waals surface area contributed by atoms with E-state index in [2.05, 4.69) is 34.3 Å². The first kappa shape index (κ1) is 15.6. The van der Waals surface area contributed by atoms with Crippen molar-refractivity contribution >= 4 is 0 Å². The minimum atomic E-state index is -0.607. The molecular formula is C19H32O2. The second-order valence-corrected chi connectivity index (χ2v) is 8.97. The minimum absolute atomic E-state index is 0.179. The van der Waals surface area contributed by atoms with Crippen molar-refractivity contribution in [1.82, 2.24) is 0 Å². The number of hydrogen-bond acceptors (Lipinski definition) is 2. The Morgan fingerprint density at radius 3 is 2.43 bits per heavy atom. The molecule has 1 saturated heterocycles. The molecule has 1 heterocycles. The molecule has 0 aromatic heterocycles. The number of hydrogen-bond donors (Lipinski definition) is 0. The SMILES string of the molecule is C=C(C)[C@]1(C)O[C@H]2CC3[C@H](C)CC[C@H]3C(C)(C)C[C@@]2(C)O1. The normalized spacial score (nSPS) is 52.1. The van der Waals surface area contributed by atoms with Crippen molar-refractivity contribution in [2.75, 3.05) is 0 Å². The molecule has 0 amide bonds. The third-order valence-electron chi connectivity index (χ3n) is 6.73. The summed E-state index contributed by atoms with van der Waals surface area (Å²) in [5.74, 6) is 1.81. The molecule has 6 atom stereocenters. The standard InChI is InChI=1S/C19H32O2/c1-12(2)19(7)20-16-10-14-13(3)8-9-15(14)17(4,5)11-18(16,6)21-19/h13-16H,1,8-11H2,2-7H3/t13-,14?,15-,16+,18-,19-/m1/s1. The highest BCUT2D eigenvalue weighted by atomic mass is 16.8. The van der Waals surface area contributed by atoms with Crippen LogP contribution in [0.1, 0.15) is 67.2 Å². The average Bonchev–Trinajstić information content (AvgIpc) is 2.77. The summed E-state index contributed by atoms with van der Waals surface area (Å²) in [5.41, 5.74) is 1.12. The minimum Gasteiger partial charge on any atom is -0.340 e. The lowest BCUT2D eigenvalue weighted by Crippen LogP contribution is -2.40. The van der Waals surface area contributed by atoms with E-state index in [4.69, 9.17) is 9.47 Å². The van der Waals surface area contributed by atoms with Crippen LogP contribution in [0.2, 0.25) is 0 Å². The molecule has 2 aliphatic carbocycles. The molecule has 120 valence electrons. The molecule has 3 fully saturated rings. The van der Waals surface area contributed by atoms with Gasteiger partial charge in [0.1, 0.15) is 0 Å². The van der Waals surface area contributed by atoms with Crippen LogP contribution in [0.5, 0.6) is 0 Å². The Bertz CT molecular complexity index is 454. The third kappa shape index (κ3) is 2.30. The van der Waals surface area contributed by atoms with Crippen LogP contribution in [0.3, 0.4) is 0 Å². The first-order valence-electron chi connectivity index (χ1n) is 8.61. The average molecular weight is 292 g/mol. The molecule has 2 nitrogen and oxygen atoms in total. The van der Waals surface area contributed by atoms with E-state index in [1.807, 2.05) is 13.8 Å². The van der Waals surface area contributed by atoms with Gasteiger partial charge in [0.15, 0.2) is 5.79 Å². The fourth-order valence-corrected chi connectivity index (χ4v) is 5.48. The van der Waals surface area contributed by atoms with Gasteiger partial charge in [0, 0.05) is 0 Å². The molecule has 2 saturated carbocycles. The fraction of sp³-hybridized carbons (Fsp3) is 0.895. The molecule has 3 rings (SSSR count). The van der Waals surface area contributed by atoms with Gasteiger partial charge < -0.3 is 9.47 Å². The van der Waals surface area contributed by atoms with Gasteiger partial charge in [-0.05, 0) is 68.8 Å². The maximum Gasteiger partial charge on any atom is 0.188 e. The molecule has 1 unspecified atom stereocenters. The Kier molecular flexibility index (Phi) is 3.39. The van der Waals surface area contributed by atoms with Crippen LogP contribution >= 0.6 is 0 Å². The zero-order valence-electron chi connectivity index (χ0n) is 14.7. The molecule has 1 aliphatic heterocycles. The Hall–Kier alpha value is -0.340. The lowest BCUT2D eigenvalue weighted by Gasteiger charge is -2.39. The molecule has 0 aromatic rings. The van der Waals surface area contributed by atoms with Crippen molar-refractivity contribution < 1.29 is 9.47 Å². The van der Waals surface area contributed by atoms with E-state index in [-0.39, 0.29) is 11.7 Å². The lowest BCUT2D eigenvalue weighted by molar-refractivity contribution is -0.155. The predicted molar refractivity (Wildman–Crippen MR) is 86.0 cm³/mol. The number of rotatable bonds is 1. The topological polar surface area (TPSA) is 18.5 Å². The van der Waals surface area contributed by atoms with Gasteiger partial charge in [-0.2, -0.15) is 0 Å². The van der Waals surface area contributed by atoms with Crippen LogP contribution < -0.4 is 0 Å². The highest BCUT2D eigenvalue weighted by Crippen LogP contribution is 2.59. The molecular weight excluding hydrogens is 260 g/mol. The smallest absolute Gasteiger partial charge is 0.188 e. The van der Waals surface area contributed by atoms with Crippen LogP contribution in [-0.2, 0) is 9.47 Å². The number of ether oxygens (including phenoxy) is 2. The number of fused-ring (bicyclic) bond motifs is 2. The van der Waals surface area contributed by atoms with E-state index < -0.39 is 5.79 Å². The third-order valence-corrected chi connectivity index (χ3v) is 6.73. The van der Waals surface area contributed by atoms with Crippen molar-refractivity contribution in [3.8, 4) is 0 Å². The van der Waals surface area contributed by atoms with Crippen molar-refractivity contribution in [1.29, 1.82) is 0 Å². The summed E-state index contributed by atoms with van der Waals surface area (Å²) in [6.45, 7) is 17.7. The molecule has 3 aliphatic rings. The molecule has 0 spiro atoms. The lowest BCUT2D eigenvalue weighted by atomic mass is 9.69. The van der Waals surface area contributed by atoms with Gasteiger partial charge >= 0.3 is 0 Å². The molecule has 0 bridgehead atoms. The van der Waals surface area contributed by atoms with Gasteiger partial charge in [-0.1, -0.05) is 33.8 Å². The van der Waals surface area contributed by atoms with E-state index in [9.17, 15) is 0 Å². The van der Waals surface area contributed by atoms with Crippen LogP contribution in [0.4, 0.5) is 0 Å². The Labute approximate surface area is 130 Å². The van der Waals surface area contributed by atoms with Crippen molar-refractivity contribution in [2.45, 2.75) is 84.7 Å². The highest BCUT2D eigenvalue weighted by molar-refractivity contribution is 5.12. The van der Waals surface area contributed by atoms with Crippen molar-refractivity contribution in [3.05, 3.63) is 12.2 Å². The quantitative estimate of drug-likeness (QED) is 0.638. The zero-order chi connectivity index (χ0) is 15.6. The van der Waals surface area contributed by atoms with Crippen LogP contribution in [-0.4, -0.2) is 17.5 Å². The maximum atomic E-state index is 6.50. The van der Waals surface area contributed by atoms with Crippen LogP contribution in [0, 0.1) is 23.2 Å². The predicted octanol–water partition coefficient (Wildman–Crippen LogP) is 4.94. The van der Waals surface area contributed by atoms with E-state index in [1.165, 1.54) is 12.8 Å². The van der Waals surface area contributed by atoms with E-state index in [0.717, 1.165) is 36.2 Å². The second-order valence-electron chi connectivity index (χ2n) is 8.97. The molecule has 0 aromatic carbocycles. The van der Waals surface area contributed by atoms with Gasteiger partial charge in [-0.3, -0.25) is 0 Å². The summed E-state index contributed by atoms with van der Waals surface area (Å²) in [4.78, 5) is 0. The summed E-state index contributed by atoms with van der Waals surface area (Å²) < 4.78 is 12.9. The Morgan fingerprint density at radius 1 is 1.14 bits per heavy atom. The van der Waals surface area contributed by atoms with Crippen molar-refractivity contribution in [3.63, 3.8) is 0 Å². The van der Waals surface area contributed by atoms with E-state index in [0.29, 0.717) is 5.41 Å². The van der Waals surface area contributed by atoms with Gasteiger partial charge in [0.2, 0.25) is 0 Å². The van der Waals surface area contributed by atoms with Gasteiger partial charge in [-0.25, -0.2) is 0 Å². The summed E-state index contributed by atoms with van der Waals surface area (Å²) in [6.07, 6.45) is 5.19. The highest BCUT2D eigenvalue weighted by Gasteiger charge is 2.59. The van der Waals surface area contributed by atoms with Crippen molar-refractivity contribution in [2.24, 2.45) is 23.2 Å². The zero-order valence-corrected chi connectivity index (χ0v) is 14.7. The maximum absolute atomic E-state index is 6.50. The first-order chi connectivity index (χ1) is 9.57. The van der Waals surface area contributed by atoms with Gasteiger partial charge in [0.05, 0.1) is 11.7 Å². The fourth-order valence-electron chi connectivity index (χ4n) is 5.48. The van der Waals surface area contributed by atoms with E-state index >= 15 is 0 Å². The van der Waals surface area contributed by atoms with Gasteiger partial charge in [0.25, 0.3) is 0 Å². The summed E-state index contributed by atoms with van der Waals surface area (Å²) >= 11 is 0.